The molecule has 0 saturated carbocycles. The average Bonchev–Trinajstić information content (AvgIpc) is 2.36. The topological polar surface area (TPSA) is 79.6 Å². The highest BCUT2D eigenvalue weighted by atomic mass is 15.3. The van der Waals surface area contributed by atoms with Crippen LogP contribution in [0.3, 0.4) is 0 Å². The van der Waals surface area contributed by atoms with E-state index in [0.717, 1.165) is 5.82 Å². The summed E-state index contributed by atoms with van der Waals surface area (Å²) in [6, 6.07) is 0. The summed E-state index contributed by atoms with van der Waals surface area (Å²) in [5.74, 6) is 1.03. The number of rotatable bonds is 2. The fourth-order valence-electron chi connectivity index (χ4n) is 0.673. The van der Waals surface area contributed by atoms with Crippen LogP contribution in [0.2, 0.25) is 0 Å². The second kappa shape index (κ2) is 2.50. The first kappa shape index (κ1) is 8.00. The van der Waals surface area contributed by atoms with Gasteiger partial charge in [-0.05, 0) is 20.9 Å². The minimum absolute atomic E-state index is 0.204. The van der Waals surface area contributed by atoms with E-state index in [9.17, 15) is 0 Å². The molecular weight excluding hydrogens is 142 g/mol. The van der Waals surface area contributed by atoms with E-state index in [-0.39, 0.29) is 11.5 Å². The second-order valence-electron chi connectivity index (χ2n) is 2.92. The van der Waals surface area contributed by atoms with E-state index in [1.807, 2.05) is 20.9 Å². The van der Waals surface area contributed by atoms with Gasteiger partial charge in [0.1, 0.15) is 5.82 Å². The monoisotopic (exact) mass is 155 g/mol. The lowest BCUT2D eigenvalue weighted by Gasteiger charge is -2.19. The van der Waals surface area contributed by atoms with E-state index in [4.69, 9.17) is 5.73 Å². The van der Waals surface area contributed by atoms with E-state index in [1.54, 1.807) is 0 Å². The molecule has 0 fully saturated rings. The summed E-state index contributed by atoms with van der Waals surface area (Å²) in [6.07, 6.45) is 0. The van der Waals surface area contributed by atoms with Crippen molar-refractivity contribution in [2.75, 3.05) is 12.8 Å². The van der Waals surface area contributed by atoms with Crippen LogP contribution in [-0.4, -0.2) is 22.2 Å². The normalized spacial score (nSPS) is 11.9. The lowest BCUT2D eigenvalue weighted by Crippen LogP contribution is -2.34. The van der Waals surface area contributed by atoms with Crippen LogP contribution in [0.1, 0.15) is 19.7 Å². The van der Waals surface area contributed by atoms with Gasteiger partial charge in [0.05, 0.1) is 5.54 Å². The van der Waals surface area contributed by atoms with E-state index < -0.39 is 0 Å². The molecule has 0 saturated heterocycles. The molecule has 0 aliphatic rings. The van der Waals surface area contributed by atoms with Crippen LogP contribution < -0.4 is 11.1 Å². The molecule has 1 rings (SSSR count). The highest BCUT2D eigenvalue weighted by Gasteiger charge is 2.21. The summed E-state index contributed by atoms with van der Waals surface area (Å²) >= 11 is 0. The zero-order valence-electron chi connectivity index (χ0n) is 6.97. The first-order valence-corrected chi connectivity index (χ1v) is 3.43. The molecule has 0 aromatic carbocycles. The third kappa shape index (κ3) is 1.48. The third-order valence-corrected chi connectivity index (χ3v) is 1.72. The van der Waals surface area contributed by atoms with E-state index in [2.05, 4.69) is 20.5 Å². The Bertz CT molecular complexity index is 239. The lowest BCUT2D eigenvalue weighted by molar-refractivity contribution is 0.418. The van der Waals surface area contributed by atoms with Crippen LogP contribution in [0.25, 0.3) is 0 Å². The van der Waals surface area contributed by atoms with Gasteiger partial charge < -0.3 is 11.1 Å². The number of aromatic amines is 1. The molecule has 4 N–H and O–H groups in total. The molecule has 0 spiro atoms. The molecule has 0 radical (unpaired) electrons. The van der Waals surface area contributed by atoms with Gasteiger partial charge in [-0.3, -0.25) is 5.10 Å². The van der Waals surface area contributed by atoms with Crippen molar-refractivity contribution in [2.45, 2.75) is 19.4 Å². The summed E-state index contributed by atoms with van der Waals surface area (Å²) in [5, 5.41) is 9.56. The molecule has 5 nitrogen and oxygen atoms in total. The molecule has 11 heavy (non-hydrogen) atoms. The average molecular weight is 155 g/mol. The molecule has 0 amide bonds. The van der Waals surface area contributed by atoms with Crippen molar-refractivity contribution < 1.29 is 0 Å². The van der Waals surface area contributed by atoms with Gasteiger partial charge in [-0.15, -0.1) is 5.10 Å². The smallest absolute Gasteiger partial charge is 0.239 e. The van der Waals surface area contributed by atoms with Gasteiger partial charge in [0, 0.05) is 0 Å². The second-order valence-corrected chi connectivity index (χ2v) is 2.92. The van der Waals surface area contributed by atoms with E-state index in [0.29, 0.717) is 0 Å². The van der Waals surface area contributed by atoms with Crippen molar-refractivity contribution in [2.24, 2.45) is 0 Å². The number of nitrogens with two attached hydrogens (primary N) is 1. The van der Waals surface area contributed by atoms with Crippen molar-refractivity contribution in [1.29, 1.82) is 0 Å². The van der Waals surface area contributed by atoms with Gasteiger partial charge >= 0.3 is 0 Å². The van der Waals surface area contributed by atoms with Crippen LogP contribution in [0.5, 0.6) is 0 Å². The molecule has 5 heteroatoms. The number of hydrogen-bond donors (Lipinski definition) is 3. The first-order valence-electron chi connectivity index (χ1n) is 3.43. The van der Waals surface area contributed by atoms with E-state index in [1.165, 1.54) is 0 Å². The van der Waals surface area contributed by atoms with Crippen molar-refractivity contribution in [3.05, 3.63) is 5.82 Å². The quantitative estimate of drug-likeness (QED) is 0.554. The fraction of sp³-hybridized carbons (Fsp3) is 0.667. The van der Waals surface area contributed by atoms with Gasteiger partial charge in [-0.1, -0.05) is 0 Å². The summed E-state index contributed by atoms with van der Waals surface area (Å²) in [7, 11) is 1.86. The largest absolute Gasteiger partial charge is 0.367 e. The minimum Gasteiger partial charge on any atom is -0.367 e. The zero-order chi connectivity index (χ0) is 8.48. The highest BCUT2D eigenvalue weighted by Crippen LogP contribution is 2.14. The van der Waals surface area contributed by atoms with Gasteiger partial charge in [0.2, 0.25) is 5.95 Å². The van der Waals surface area contributed by atoms with Crippen molar-refractivity contribution >= 4 is 5.95 Å². The predicted molar refractivity (Wildman–Crippen MR) is 42.9 cm³/mol. The summed E-state index contributed by atoms with van der Waals surface area (Å²) in [5.41, 5.74) is 5.14. The van der Waals surface area contributed by atoms with Gasteiger partial charge in [-0.2, -0.15) is 4.98 Å². The van der Waals surface area contributed by atoms with Crippen molar-refractivity contribution in [3.63, 3.8) is 0 Å². The van der Waals surface area contributed by atoms with Gasteiger partial charge in [-0.25, -0.2) is 0 Å². The summed E-state index contributed by atoms with van der Waals surface area (Å²) in [4.78, 5) is 4.00. The summed E-state index contributed by atoms with van der Waals surface area (Å²) in [6.45, 7) is 3.99. The molecule has 1 aromatic rings. The van der Waals surface area contributed by atoms with Gasteiger partial charge in [0.15, 0.2) is 0 Å². The minimum atomic E-state index is -0.204. The SMILES string of the molecule is CNC(C)(C)c1nc(N)n[nH]1. The molecule has 0 aliphatic heterocycles. The standard InChI is InChI=1S/C6H13N5/c1-6(2,8-3)4-9-5(7)11-10-4/h8H,1-3H3,(H3,7,9,10,11). The zero-order valence-corrected chi connectivity index (χ0v) is 6.97. The molecule has 1 aromatic heterocycles. The summed E-state index contributed by atoms with van der Waals surface area (Å²) < 4.78 is 0. The predicted octanol–water partition coefficient (Wildman–Crippen LogP) is -0.159. The number of anilines is 1. The van der Waals surface area contributed by atoms with Gasteiger partial charge in [0.25, 0.3) is 0 Å². The number of aromatic nitrogens is 3. The highest BCUT2D eigenvalue weighted by molar-refractivity contribution is 5.16. The van der Waals surface area contributed by atoms with Crippen molar-refractivity contribution in [1.82, 2.24) is 20.5 Å². The van der Waals surface area contributed by atoms with E-state index >= 15 is 0 Å². The lowest BCUT2D eigenvalue weighted by atomic mass is 10.1. The Morgan fingerprint density at radius 1 is 1.55 bits per heavy atom. The maximum absolute atomic E-state index is 5.35. The Labute approximate surface area is 65.4 Å². The van der Waals surface area contributed by atoms with Crippen LogP contribution >= 0.6 is 0 Å². The molecule has 0 aliphatic carbocycles. The van der Waals surface area contributed by atoms with Crippen LogP contribution in [0.4, 0.5) is 5.95 Å². The Morgan fingerprint density at radius 2 is 2.18 bits per heavy atom. The number of nitrogens with zero attached hydrogens (tertiary/aromatic N) is 2. The van der Waals surface area contributed by atoms with Crippen LogP contribution in [-0.2, 0) is 5.54 Å². The fourth-order valence-corrected chi connectivity index (χ4v) is 0.673. The third-order valence-electron chi connectivity index (χ3n) is 1.72. The van der Waals surface area contributed by atoms with Crippen LogP contribution in [0.15, 0.2) is 0 Å². The maximum Gasteiger partial charge on any atom is 0.239 e. The molecular formula is C6H13N5. The molecule has 0 atom stereocenters. The molecule has 0 unspecified atom stereocenters. The molecule has 62 valence electrons. The Balaban J connectivity index is 2.92. The first-order chi connectivity index (χ1) is 5.06. The Kier molecular flexibility index (Phi) is 1.82. The van der Waals surface area contributed by atoms with Crippen LogP contribution in [0, 0.1) is 0 Å². The Morgan fingerprint density at radius 3 is 2.55 bits per heavy atom. The number of nitrogens with one attached hydrogen (secondary N) is 2. The maximum atomic E-state index is 5.35. The Hall–Kier alpha value is -1.10. The number of hydrogen-bond acceptors (Lipinski definition) is 4. The van der Waals surface area contributed by atoms with Crippen molar-refractivity contribution in [3.8, 4) is 0 Å². The molecule has 0 bridgehead atoms. The number of nitrogen functional groups attached to an aromatic ring is 1. The molecule has 1 heterocycles. The number of H-pyrrole nitrogens is 1.